The number of nitriles is 1. The van der Waals surface area contributed by atoms with Crippen LogP contribution in [-0.4, -0.2) is 4.98 Å². The first-order valence-corrected chi connectivity index (χ1v) is 4.40. The maximum atomic E-state index is 8.30. The summed E-state index contributed by atoms with van der Waals surface area (Å²) in [6, 6.07) is 3.69. The largest absolute Gasteiger partial charge is 0.250 e. The molecule has 1 aromatic heterocycles. The number of thiocyanates is 1. The Labute approximate surface area is 76.8 Å². The van der Waals surface area contributed by atoms with Crippen molar-refractivity contribution in [3.05, 3.63) is 22.0 Å². The van der Waals surface area contributed by atoms with Crippen LogP contribution in [-0.2, 0) is 0 Å². The van der Waals surface area contributed by atoms with Crippen molar-refractivity contribution >= 4 is 34.4 Å². The van der Waals surface area contributed by atoms with E-state index in [9.17, 15) is 0 Å². The molecule has 10 heavy (non-hydrogen) atoms. The minimum absolute atomic E-state index is 0.915. The van der Waals surface area contributed by atoms with Crippen molar-refractivity contribution in [2.45, 2.75) is 4.90 Å². The molecule has 0 aromatic carbocycles. The second-order valence-electron chi connectivity index (χ2n) is 1.51. The Morgan fingerprint density at radius 3 is 3.10 bits per heavy atom. The van der Waals surface area contributed by atoms with Crippen molar-refractivity contribution in [3.8, 4) is 5.40 Å². The minimum atomic E-state index is 0.915. The summed E-state index contributed by atoms with van der Waals surface area (Å²) in [6.07, 6.45) is 1.70. The Hall–Kier alpha value is -0.280. The standard InChI is InChI=1S/C6H3IN2S/c7-6-3-5(10-4-8)1-2-9-6/h1-3H. The first-order valence-electron chi connectivity index (χ1n) is 2.50. The number of nitrogens with zero attached hydrogens (tertiary/aromatic N) is 2. The molecule has 0 unspecified atom stereocenters. The van der Waals surface area contributed by atoms with Gasteiger partial charge in [-0.05, 0) is 46.5 Å². The van der Waals surface area contributed by atoms with Crippen LogP contribution in [0.4, 0.5) is 0 Å². The lowest BCUT2D eigenvalue weighted by Crippen LogP contribution is -1.77. The average Bonchev–Trinajstić information content (AvgIpc) is 1.88. The third-order valence-corrected chi connectivity index (χ3v) is 2.03. The fourth-order valence-electron chi connectivity index (χ4n) is 0.501. The van der Waals surface area contributed by atoms with Gasteiger partial charge in [-0.25, -0.2) is 0 Å². The number of pyridine rings is 1. The summed E-state index contributed by atoms with van der Waals surface area (Å²) in [5.41, 5.74) is 0. The summed E-state index contributed by atoms with van der Waals surface area (Å²) in [5, 5.41) is 10.3. The summed E-state index contributed by atoms with van der Waals surface area (Å²) >= 11 is 3.26. The second kappa shape index (κ2) is 3.78. The summed E-state index contributed by atoms with van der Waals surface area (Å²) < 4.78 is 0.915. The molecule has 0 aliphatic rings. The van der Waals surface area contributed by atoms with Gasteiger partial charge < -0.3 is 0 Å². The van der Waals surface area contributed by atoms with Crippen molar-refractivity contribution < 1.29 is 0 Å². The normalized spacial score (nSPS) is 8.80. The fourth-order valence-corrected chi connectivity index (χ4v) is 1.61. The Bertz CT molecular complexity index is 269. The zero-order valence-electron chi connectivity index (χ0n) is 4.91. The van der Waals surface area contributed by atoms with Gasteiger partial charge in [0.2, 0.25) is 0 Å². The predicted octanol–water partition coefficient (Wildman–Crippen LogP) is 2.26. The SMILES string of the molecule is N#CSc1ccnc(I)c1. The van der Waals surface area contributed by atoms with E-state index in [-0.39, 0.29) is 0 Å². The first kappa shape index (κ1) is 7.82. The van der Waals surface area contributed by atoms with E-state index in [0.29, 0.717) is 0 Å². The third-order valence-electron chi connectivity index (χ3n) is 0.862. The molecule has 1 rings (SSSR count). The van der Waals surface area contributed by atoms with Gasteiger partial charge in [-0.1, -0.05) is 0 Å². The van der Waals surface area contributed by atoms with Gasteiger partial charge in [0.15, 0.2) is 0 Å². The van der Waals surface area contributed by atoms with Gasteiger partial charge in [-0.15, -0.1) is 0 Å². The Morgan fingerprint density at radius 1 is 1.70 bits per heavy atom. The number of thioether (sulfide) groups is 1. The van der Waals surface area contributed by atoms with Crippen LogP contribution in [0.25, 0.3) is 0 Å². The molecule has 0 spiro atoms. The van der Waals surface area contributed by atoms with Gasteiger partial charge in [0.05, 0.1) is 0 Å². The van der Waals surface area contributed by atoms with Crippen molar-refractivity contribution in [1.29, 1.82) is 5.26 Å². The van der Waals surface area contributed by atoms with E-state index in [2.05, 4.69) is 27.6 Å². The highest BCUT2D eigenvalue weighted by Crippen LogP contribution is 2.16. The summed E-state index contributed by atoms with van der Waals surface area (Å²) in [5.74, 6) is 0. The van der Waals surface area contributed by atoms with E-state index in [1.807, 2.05) is 17.5 Å². The highest BCUT2D eigenvalue weighted by molar-refractivity contribution is 14.1. The Morgan fingerprint density at radius 2 is 2.50 bits per heavy atom. The van der Waals surface area contributed by atoms with E-state index < -0.39 is 0 Å². The van der Waals surface area contributed by atoms with Crippen molar-refractivity contribution in [3.63, 3.8) is 0 Å². The van der Waals surface area contributed by atoms with Gasteiger partial charge in [-0.2, -0.15) is 5.26 Å². The topological polar surface area (TPSA) is 36.7 Å². The van der Waals surface area contributed by atoms with Gasteiger partial charge in [0.1, 0.15) is 9.10 Å². The lowest BCUT2D eigenvalue weighted by atomic mass is 10.5. The Kier molecular flexibility index (Phi) is 2.96. The predicted molar refractivity (Wildman–Crippen MR) is 48.4 cm³/mol. The molecule has 0 N–H and O–H groups in total. The van der Waals surface area contributed by atoms with Crippen LogP contribution < -0.4 is 0 Å². The summed E-state index contributed by atoms with van der Waals surface area (Å²) in [7, 11) is 0. The van der Waals surface area contributed by atoms with Crippen molar-refractivity contribution in [2.24, 2.45) is 0 Å². The summed E-state index contributed by atoms with van der Waals surface area (Å²) in [4.78, 5) is 4.93. The molecule has 0 aliphatic heterocycles. The molecule has 1 aromatic rings. The molecule has 0 amide bonds. The Balaban J connectivity index is 2.87. The molecule has 0 atom stereocenters. The monoisotopic (exact) mass is 262 g/mol. The van der Waals surface area contributed by atoms with Gasteiger partial charge in [0.25, 0.3) is 0 Å². The van der Waals surface area contributed by atoms with Crippen LogP contribution in [0.5, 0.6) is 0 Å². The lowest BCUT2D eigenvalue weighted by molar-refractivity contribution is 1.22. The minimum Gasteiger partial charge on any atom is -0.250 e. The maximum absolute atomic E-state index is 8.30. The molecule has 0 aliphatic carbocycles. The molecule has 4 heteroatoms. The van der Waals surface area contributed by atoms with E-state index in [4.69, 9.17) is 5.26 Å². The molecular formula is C6H3IN2S. The van der Waals surface area contributed by atoms with Gasteiger partial charge >= 0.3 is 0 Å². The zero-order valence-corrected chi connectivity index (χ0v) is 7.89. The number of halogens is 1. The molecule has 2 nitrogen and oxygen atoms in total. The fraction of sp³-hybridized carbons (Fsp3) is 0. The molecule has 1 heterocycles. The van der Waals surface area contributed by atoms with E-state index >= 15 is 0 Å². The van der Waals surface area contributed by atoms with Crippen LogP contribution in [0.15, 0.2) is 23.2 Å². The van der Waals surface area contributed by atoms with Crippen LogP contribution >= 0.6 is 34.4 Å². The molecule has 50 valence electrons. The van der Waals surface area contributed by atoms with Crippen LogP contribution in [0.3, 0.4) is 0 Å². The summed E-state index contributed by atoms with van der Waals surface area (Å²) in [6.45, 7) is 0. The molecule has 0 bridgehead atoms. The molecule has 0 fully saturated rings. The maximum Gasteiger partial charge on any atom is 0.138 e. The van der Waals surface area contributed by atoms with Crippen LogP contribution in [0.1, 0.15) is 0 Å². The van der Waals surface area contributed by atoms with Crippen molar-refractivity contribution in [2.75, 3.05) is 0 Å². The molecule has 0 radical (unpaired) electrons. The zero-order chi connectivity index (χ0) is 7.40. The number of aromatic nitrogens is 1. The lowest BCUT2D eigenvalue weighted by Gasteiger charge is -1.91. The quantitative estimate of drug-likeness (QED) is 0.337. The average molecular weight is 262 g/mol. The molecule has 0 saturated carbocycles. The second-order valence-corrected chi connectivity index (χ2v) is 3.47. The van der Waals surface area contributed by atoms with E-state index in [1.54, 1.807) is 6.20 Å². The number of hydrogen-bond acceptors (Lipinski definition) is 3. The highest BCUT2D eigenvalue weighted by Gasteiger charge is 1.92. The van der Waals surface area contributed by atoms with E-state index in [1.165, 1.54) is 0 Å². The van der Waals surface area contributed by atoms with Gasteiger partial charge in [-0.3, -0.25) is 4.98 Å². The van der Waals surface area contributed by atoms with Crippen LogP contribution in [0.2, 0.25) is 0 Å². The first-order chi connectivity index (χ1) is 4.83. The smallest absolute Gasteiger partial charge is 0.138 e. The molecule has 0 saturated heterocycles. The number of rotatable bonds is 1. The van der Waals surface area contributed by atoms with Crippen LogP contribution in [0, 0.1) is 14.4 Å². The van der Waals surface area contributed by atoms with E-state index in [0.717, 1.165) is 20.4 Å². The number of hydrogen-bond donors (Lipinski definition) is 0. The highest BCUT2D eigenvalue weighted by atomic mass is 127. The van der Waals surface area contributed by atoms with Gasteiger partial charge in [0, 0.05) is 11.1 Å². The molecular weight excluding hydrogens is 259 g/mol. The third kappa shape index (κ3) is 2.15. The van der Waals surface area contributed by atoms with Crippen molar-refractivity contribution in [1.82, 2.24) is 4.98 Å².